The molecule has 1 aliphatic heterocycles. The highest BCUT2D eigenvalue weighted by Gasteiger charge is 2.22. The van der Waals surface area contributed by atoms with E-state index in [1.165, 1.54) is 69.3 Å². The molecule has 1 N–H and O–H groups in total. The highest BCUT2D eigenvalue weighted by molar-refractivity contribution is 5.51. The van der Waals surface area contributed by atoms with Crippen molar-refractivity contribution in [2.24, 2.45) is 5.92 Å². The topological polar surface area (TPSA) is 28.2 Å². The van der Waals surface area contributed by atoms with Crippen LogP contribution in [0.3, 0.4) is 0 Å². The maximum atomic E-state index is 4.38. The summed E-state index contributed by atoms with van der Waals surface area (Å²) in [6.07, 6.45) is 13.5. The van der Waals surface area contributed by atoms with E-state index < -0.39 is 0 Å². The quantitative estimate of drug-likeness (QED) is 0.864. The zero-order valence-electron chi connectivity index (χ0n) is 13.4. The SMILES string of the molecule is CCCC1CCCN(c2cnccc2CNC2CC2)CC1. The first-order valence-electron chi connectivity index (χ1n) is 8.78. The predicted molar refractivity (Wildman–Crippen MR) is 88.6 cm³/mol. The van der Waals surface area contributed by atoms with Gasteiger partial charge < -0.3 is 10.2 Å². The fraction of sp³-hybridized carbons (Fsp3) is 0.722. The van der Waals surface area contributed by atoms with Crippen molar-refractivity contribution >= 4 is 5.69 Å². The molecule has 2 heterocycles. The molecule has 3 rings (SSSR count). The molecule has 1 atom stereocenters. The third kappa shape index (κ3) is 4.19. The monoisotopic (exact) mass is 287 g/mol. The van der Waals surface area contributed by atoms with Crippen LogP contribution in [0, 0.1) is 5.92 Å². The Hall–Kier alpha value is -1.09. The zero-order chi connectivity index (χ0) is 14.5. The van der Waals surface area contributed by atoms with Gasteiger partial charge in [0.2, 0.25) is 0 Å². The highest BCUT2D eigenvalue weighted by Crippen LogP contribution is 2.28. The van der Waals surface area contributed by atoms with Crippen molar-refractivity contribution in [2.75, 3.05) is 18.0 Å². The first-order chi connectivity index (χ1) is 10.4. The van der Waals surface area contributed by atoms with E-state index in [1.54, 1.807) is 0 Å². The molecule has 2 fully saturated rings. The Kier molecular flexibility index (Phi) is 5.13. The van der Waals surface area contributed by atoms with Crippen LogP contribution in [-0.2, 0) is 6.54 Å². The van der Waals surface area contributed by atoms with Gasteiger partial charge in [-0.15, -0.1) is 0 Å². The van der Waals surface area contributed by atoms with Gasteiger partial charge in [-0.3, -0.25) is 4.98 Å². The van der Waals surface area contributed by atoms with Gasteiger partial charge in [-0.2, -0.15) is 0 Å². The fourth-order valence-electron chi connectivity index (χ4n) is 3.49. The molecule has 21 heavy (non-hydrogen) atoms. The summed E-state index contributed by atoms with van der Waals surface area (Å²) in [5, 5.41) is 3.64. The third-order valence-electron chi connectivity index (χ3n) is 4.93. The van der Waals surface area contributed by atoms with Crippen LogP contribution >= 0.6 is 0 Å². The molecule has 0 spiro atoms. The van der Waals surface area contributed by atoms with E-state index in [-0.39, 0.29) is 0 Å². The number of nitrogens with zero attached hydrogens (tertiary/aromatic N) is 2. The number of anilines is 1. The molecule has 1 aliphatic carbocycles. The van der Waals surface area contributed by atoms with Crippen LogP contribution in [0.2, 0.25) is 0 Å². The summed E-state index contributed by atoms with van der Waals surface area (Å²) in [5.74, 6) is 0.935. The smallest absolute Gasteiger partial charge is 0.0598 e. The fourth-order valence-corrected chi connectivity index (χ4v) is 3.49. The van der Waals surface area contributed by atoms with Gasteiger partial charge in [-0.1, -0.05) is 19.8 Å². The van der Waals surface area contributed by atoms with Gasteiger partial charge >= 0.3 is 0 Å². The second-order valence-electron chi connectivity index (χ2n) is 6.73. The summed E-state index contributed by atoms with van der Waals surface area (Å²) in [6, 6.07) is 2.96. The molecule has 2 aliphatic rings. The second-order valence-corrected chi connectivity index (χ2v) is 6.73. The number of hydrogen-bond donors (Lipinski definition) is 1. The summed E-state index contributed by atoms with van der Waals surface area (Å²) < 4.78 is 0. The van der Waals surface area contributed by atoms with Gasteiger partial charge in [-0.05, 0) is 49.7 Å². The van der Waals surface area contributed by atoms with E-state index >= 15 is 0 Å². The summed E-state index contributed by atoms with van der Waals surface area (Å²) in [4.78, 5) is 6.96. The number of aromatic nitrogens is 1. The molecule has 1 aromatic rings. The Morgan fingerprint density at radius 3 is 2.95 bits per heavy atom. The standard InChI is InChI=1S/C18H29N3/c1-2-4-15-5-3-11-21(12-9-15)18-14-19-10-8-16(18)13-20-17-6-7-17/h8,10,14-15,17,20H,2-7,9,11-13H2,1H3. The average molecular weight is 287 g/mol. The minimum atomic E-state index is 0.768. The Morgan fingerprint density at radius 1 is 1.24 bits per heavy atom. The third-order valence-corrected chi connectivity index (χ3v) is 4.93. The van der Waals surface area contributed by atoms with Gasteiger partial charge in [0, 0.05) is 31.9 Å². The Morgan fingerprint density at radius 2 is 2.14 bits per heavy atom. The molecule has 1 aromatic heterocycles. The molecule has 0 aromatic carbocycles. The molecule has 116 valence electrons. The Balaban J connectivity index is 1.64. The zero-order valence-corrected chi connectivity index (χ0v) is 13.4. The van der Waals surface area contributed by atoms with E-state index in [0.717, 1.165) is 18.5 Å². The lowest BCUT2D eigenvalue weighted by Gasteiger charge is -2.25. The predicted octanol–water partition coefficient (Wildman–Crippen LogP) is 3.74. The molecular weight excluding hydrogens is 258 g/mol. The largest absolute Gasteiger partial charge is 0.370 e. The minimum absolute atomic E-state index is 0.768. The summed E-state index contributed by atoms with van der Waals surface area (Å²) in [6.45, 7) is 5.71. The van der Waals surface area contributed by atoms with E-state index in [4.69, 9.17) is 0 Å². The van der Waals surface area contributed by atoms with Crippen LogP contribution < -0.4 is 10.2 Å². The first-order valence-corrected chi connectivity index (χ1v) is 8.78. The van der Waals surface area contributed by atoms with Crippen molar-refractivity contribution in [2.45, 2.75) is 64.5 Å². The summed E-state index contributed by atoms with van der Waals surface area (Å²) >= 11 is 0. The normalized spacial score (nSPS) is 23.1. The molecule has 1 saturated heterocycles. The van der Waals surface area contributed by atoms with Crippen LogP contribution in [0.25, 0.3) is 0 Å². The molecule has 1 saturated carbocycles. The van der Waals surface area contributed by atoms with E-state index in [9.17, 15) is 0 Å². The lowest BCUT2D eigenvalue weighted by molar-refractivity contribution is 0.435. The van der Waals surface area contributed by atoms with Crippen LogP contribution in [0.5, 0.6) is 0 Å². The maximum absolute atomic E-state index is 4.38. The molecule has 3 heteroatoms. The number of nitrogens with one attached hydrogen (secondary N) is 1. The number of rotatable bonds is 6. The van der Waals surface area contributed by atoms with Crippen molar-refractivity contribution in [1.29, 1.82) is 0 Å². The highest BCUT2D eigenvalue weighted by atomic mass is 15.1. The van der Waals surface area contributed by atoms with Crippen molar-refractivity contribution in [3.05, 3.63) is 24.0 Å². The summed E-state index contributed by atoms with van der Waals surface area (Å²) in [5.41, 5.74) is 2.79. The van der Waals surface area contributed by atoms with Gasteiger partial charge in [0.25, 0.3) is 0 Å². The van der Waals surface area contributed by atoms with Crippen molar-refractivity contribution in [3.63, 3.8) is 0 Å². The lowest BCUT2D eigenvalue weighted by atomic mass is 9.96. The molecular formula is C18H29N3. The Labute approximate surface area is 129 Å². The number of pyridine rings is 1. The first kappa shape index (κ1) is 14.8. The van der Waals surface area contributed by atoms with Gasteiger partial charge in [-0.25, -0.2) is 0 Å². The van der Waals surface area contributed by atoms with Gasteiger partial charge in [0.1, 0.15) is 0 Å². The van der Waals surface area contributed by atoms with Gasteiger partial charge in [0.15, 0.2) is 0 Å². The van der Waals surface area contributed by atoms with Crippen molar-refractivity contribution in [1.82, 2.24) is 10.3 Å². The Bertz CT molecular complexity index is 442. The molecule has 0 radical (unpaired) electrons. The lowest BCUT2D eigenvalue weighted by Crippen LogP contribution is -2.27. The average Bonchev–Trinajstić information content (AvgIpc) is 3.33. The van der Waals surface area contributed by atoms with Crippen LogP contribution in [0.4, 0.5) is 5.69 Å². The van der Waals surface area contributed by atoms with Crippen LogP contribution in [0.1, 0.15) is 57.4 Å². The van der Waals surface area contributed by atoms with Gasteiger partial charge in [0.05, 0.1) is 11.9 Å². The molecule has 1 unspecified atom stereocenters. The minimum Gasteiger partial charge on any atom is -0.370 e. The van der Waals surface area contributed by atoms with Crippen LogP contribution in [-0.4, -0.2) is 24.1 Å². The van der Waals surface area contributed by atoms with E-state index in [1.807, 2.05) is 6.20 Å². The summed E-state index contributed by atoms with van der Waals surface area (Å²) in [7, 11) is 0. The van der Waals surface area contributed by atoms with E-state index in [2.05, 4.69) is 34.4 Å². The second kappa shape index (κ2) is 7.26. The van der Waals surface area contributed by atoms with E-state index in [0.29, 0.717) is 0 Å². The van der Waals surface area contributed by atoms with Crippen LogP contribution in [0.15, 0.2) is 18.5 Å². The van der Waals surface area contributed by atoms with Crippen molar-refractivity contribution < 1.29 is 0 Å². The molecule has 3 nitrogen and oxygen atoms in total. The maximum Gasteiger partial charge on any atom is 0.0598 e. The number of hydrogen-bond acceptors (Lipinski definition) is 3. The van der Waals surface area contributed by atoms with Crippen molar-refractivity contribution in [3.8, 4) is 0 Å². The molecule has 0 bridgehead atoms. The molecule has 0 amide bonds.